The molecule has 1 aliphatic carbocycles. The minimum absolute atomic E-state index is 0.159. The molecule has 1 saturated heterocycles. The van der Waals surface area contributed by atoms with E-state index in [9.17, 15) is 9.59 Å². The minimum atomic E-state index is -0.249. The van der Waals surface area contributed by atoms with Gasteiger partial charge < -0.3 is 10.2 Å². The van der Waals surface area contributed by atoms with E-state index in [4.69, 9.17) is 0 Å². The number of carbonyl (C=O) groups is 2. The van der Waals surface area contributed by atoms with Crippen molar-refractivity contribution in [2.24, 2.45) is 5.92 Å². The van der Waals surface area contributed by atoms with Crippen molar-refractivity contribution in [3.8, 4) is 0 Å². The number of piperidine rings is 1. The summed E-state index contributed by atoms with van der Waals surface area (Å²) in [7, 11) is 0. The normalized spacial score (nSPS) is 18.5. The molecule has 2 aromatic carbocycles. The summed E-state index contributed by atoms with van der Waals surface area (Å²) in [6.45, 7) is 1.40. The maximum absolute atomic E-state index is 13.4. The van der Waals surface area contributed by atoms with E-state index in [2.05, 4.69) is 5.32 Å². The summed E-state index contributed by atoms with van der Waals surface area (Å²) in [5.41, 5.74) is 1.03. The van der Waals surface area contributed by atoms with E-state index < -0.39 is 0 Å². The highest BCUT2D eigenvalue weighted by atomic mass is 32.2. The van der Waals surface area contributed by atoms with Gasteiger partial charge in [0.2, 0.25) is 11.8 Å². The number of amides is 2. The van der Waals surface area contributed by atoms with Crippen molar-refractivity contribution in [2.45, 2.75) is 41.9 Å². The maximum atomic E-state index is 13.4. The van der Waals surface area contributed by atoms with Crippen LogP contribution < -0.4 is 5.32 Å². The van der Waals surface area contributed by atoms with E-state index in [1.165, 1.54) is 0 Å². The first kappa shape index (κ1) is 19.1. The van der Waals surface area contributed by atoms with Crippen molar-refractivity contribution in [1.29, 1.82) is 0 Å². The molecule has 0 spiro atoms. The second kappa shape index (κ2) is 8.82. The van der Waals surface area contributed by atoms with Crippen molar-refractivity contribution >= 4 is 23.6 Å². The number of nitrogens with zero attached hydrogens (tertiary/aromatic N) is 1. The summed E-state index contributed by atoms with van der Waals surface area (Å²) >= 11 is 1.61. The minimum Gasteiger partial charge on any atom is -0.353 e. The van der Waals surface area contributed by atoms with Crippen LogP contribution in [0.5, 0.6) is 0 Å². The lowest BCUT2D eigenvalue weighted by atomic mass is 10.0. The van der Waals surface area contributed by atoms with Crippen LogP contribution in [0.25, 0.3) is 0 Å². The third kappa shape index (κ3) is 4.76. The quantitative estimate of drug-likeness (QED) is 0.753. The Hall–Kier alpha value is -2.27. The van der Waals surface area contributed by atoms with E-state index in [1.54, 1.807) is 11.8 Å². The Morgan fingerprint density at radius 2 is 1.50 bits per heavy atom. The highest BCUT2D eigenvalue weighted by molar-refractivity contribution is 8.00. The molecular weight excluding hydrogens is 368 g/mol. The molecule has 28 heavy (non-hydrogen) atoms. The zero-order valence-electron chi connectivity index (χ0n) is 15.9. The molecule has 4 rings (SSSR count). The Labute approximate surface area is 170 Å². The largest absolute Gasteiger partial charge is 0.353 e. The predicted octanol–water partition coefficient (Wildman–Crippen LogP) is 4.04. The van der Waals surface area contributed by atoms with Gasteiger partial charge in [0.1, 0.15) is 5.25 Å². The Bertz CT molecular complexity index is 800. The fraction of sp³-hybridized carbons (Fsp3) is 0.391. The molecule has 1 N–H and O–H groups in total. The van der Waals surface area contributed by atoms with Crippen LogP contribution in [0, 0.1) is 5.92 Å². The summed E-state index contributed by atoms with van der Waals surface area (Å²) in [4.78, 5) is 28.4. The van der Waals surface area contributed by atoms with Crippen molar-refractivity contribution in [2.75, 3.05) is 13.1 Å². The number of carbonyl (C=O) groups excluding carboxylic acids is 2. The Kier molecular flexibility index (Phi) is 6.01. The SMILES string of the molecule is O=C(NC1CCN(C(=O)C(Sc2ccccc2)c2ccccc2)CC1)C1CC1. The highest BCUT2D eigenvalue weighted by Gasteiger charge is 2.33. The molecule has 0 aromatic heterocycles. The average Bonchev–Trinajstić information content (AvgIpc) is 3.59. The second-order valence-electron chi connectivity index (χ2n) is 7.60. The third-order valence-electron chi connectivity index (χ3n) is 5.42. The standard InChI is InChI=1S/C23H26N2O2S/c26-22(18-11-12-18)24-19-13-15-25(16-14-19)23(27)21(17-7-3-1-4-8-17)28-20-9-5-2-6-10-20/h1-10,18-19,21H,11-16H2,(H,24,26). The number of likely N-dealkylation sites (tertiary alicyclic amines) is 1. The first-order valence-electron chi connectivity index (χ1n) is 10.1. The van der Waals surface area contributed by atoms with Gasteiger partial charge in [-0.1, -0.05) is 48.5 Å². The van der Waals surface area contributed by atoms with Crippen LogP contribution in [-0.4, -0.2) is 35.8 Å². The second-order valence-corrected chi connectivity index (χ2v) is 8.78. The number of hydrogen-bond acceptors (Lipinski definition) is 3. The average molecular weight is 395 g/mol. The Morgan fingerprint density at radius 1 is 0.893 bits per heavy atom. The predicted molar refractivity (Wildman–Crippen MR) is 112 cm³/mol. The van der Waals surface area contributed by atoms with E-state index in [0.29, 0.717) is 13.1 Å². The topological polar surface area (TPSA) is 49.4 Å². The molecule has 2 aliphatic rings. The van der Waals surface area contributed by atoms with Gasteiger partial charge >= 0.3 is 0 Å². The molecule has 0 bridgehead atoms. The summed E-state index contributed by atoms with van der Waals surface area (Å²) in [5, 5.41) is 2.91. The summed E-state index contributed by atoms with van der Waals surface area (Å²) in [6.07, 6.45) is 3.72. The Balaban J connectivity index is 1.41. The Morgan fingerprint density at radius 3 is 2.11 bits per heavy atom. The van der Waals surface area contributed by atoms with Gasteiger partial charge in [0.15, 0.2) is 0 Å². The summed E-state index contributed by atoms with van der Waals surface area (Å²) in [5.74, 6) is 0.600. The molecule has 1 saturated carbocycles. The fourth-order valence-corrected chi connectivity index (χ4v) is 4.73. The van der Waals surface area contributed by atoms with Crippen molar-refractivity contribution < 1.29 is 9.59 Å². The van der Waals surface area contributed by atoms with Crippen LogP contribution in [0.15, 0.2) is 65.6 Å². The van der Waals surface area contributed by atoms with E-state index in [1.807, 2.05) is 65.6 Å². The van der Waals surface area contributed by atoms with Gasteiger partial charge in [-0.3, -0.25) is 9.59 Å². The molecule has 146 valence electrons. The molecule has 1 aliphatic heterocycles. The molecule has 5 heteroatoms. The van der Waals surface area contributed by atoms with E-state index in [0.717, 1.165) is 36.1 Å². The van der Waals surface area contributed by atoms with Gasteiger partial charge in [-0.15, -0.1) is 11.8 Å². The van der Waals surface area contributed by atoms with Crippen molar-refractivity contribution in [3.05, 3.63) is 66.2 Å². The highest BCUT2D eigenvalue weighted by Crippen LogP contribution is 2.37. The molecule has 2 amide bonds. The number of nitrogens with one attached hydrogen (secondary N) is 1. The van der Waals surface area contributed by atoms with Gasteiger partial charge in [0.05, 0.1) is 0 Å². The lowest BCUT2D eigenvalue weighted by Gasteiger charge is -2.34. The first-order chi connectivity index (χ1) is 13.7. The maximum Gasteiger partial charge on any atom is 0.240 e. The lowest BCUT2D eigenvalue weighted by molar-refractivity contribution is -0.132. The zero-order chi connectivity index (χ0) is 19.3. The first-order valence-corrected chi connectivity index (χ1v) is 10.9. The molecule has 1 atom stereocenters. The summed E-state index contributed by atoms with van der Waals surface area (Å²) in [6, 6.07) is 20.3. The third-order valence-corrected chi connectivity index (χ3v) is 6.68. The number of rotatable bonds is 6. The number of benzene rings is 2. The van der Waals surface area contributed by atoms with Crippen LogP contribution in [0.3, 0.4) is 0 Å². The monoisotopic (exact) mass is 394 g/mol. The van der Waals surface area contributed by atoms with Gasteiger partial charge in [0, 0.05) is 29.9 Å². The van der Waals surface area contributed by atoms with Crippen molar-refractivity contribution in [3.63, 3.8) is 0 Å². The van der Waals surface area contributed by atoms with E-state index in [-0.39, 0.29) is 29.0 Å². The molecule has 0 radical (unpaired) electrons. The van der Waals surface area contributed by atoms with Crippen LogP contribution >= 0.6 is 11.8 Å². The van der Waals surface area contributed by atoms with Gasteiger partial charge in [-0.25, -0.2) is 0 Å². The molecule has 2 fully saturated rings. The van der Waals surface area contributed by atoms with Gasteiger partial charge in [-0.2, -0.15) is 0 Å². The number of thioether (sulfide) groups is 1. The lowest BCUT2D eigenvalue weighted by Crippen LogP contribution is -2.47. The smallest absolute Gasteiger partial charge is 0.240 e. The van der Waals surface area contributed by atoms with Crippen LogP contribution in [0.1, 0.15) is 36.5 Å². The molecule has 4 nitrogen and oxygen atoms in total. The van der Waals surface area contributed by atoms with Gasteiger partial charge in [0.25, 0.3) is 0 Å². The zero-order valence-corrected chi connectivity index (χ0v) is 16.7. The number of hydrogen-bond donors (Lipinski definition) is 1. The van der Waals surface area contributed by atoms with Gasteiger partial charge in [-0.05, 0) is 43.4 Å². The molecule has 2 aromatic rings. The van der Waals surface area contributed by atoms with Crippen LogP contribution in [-0.2, 0) is 9.59 Å². The molecule has 1 heterocycles. The summed E-state index contributed by atoms with van der Waals surface area (Å²) < 4.78 is 0. The fourth-order valence-electron chi connectivity index (χ4n) is 3.60. The van der Waals surface area contributed by atoms with Crippen molar-refractivity contribution in [1.82, 2.24) is 10.2 Å². The van der Waals surface area contributed by atoms with Crippen LogP contribution in [0.4, 0.5) is 0 Å². The van der Waals surface area contributed by atoms with Crippen LogP contribution in [0.2, 0.25) is 0 Å². The molecular formula is C23H26N2O2S. The molecule has 1 unspecified atom stereocenters. The van der Waals surface area contributed by atoms with E-state index >= 15 is 0 Å².